The highest BCUT2D eigenvalue weighted by Gasteiger charge is 2.33. The van der Waals surface area contributed by atoms with E-state index in [0.717, 1.165) is 11.3 Å². The van der Waals surface area contributed by atoms with Crippen LogP contribution in [0.25, 0.3) is 6.08 Å². The van der Waals surface area contributed by atoms with Gasteiger partial charge < -0.3 is 14.6 Å². The predicted octanol–water partition coefficient (Wildman–Crippen LogP) is 3.95. The van der Waals surface area contributed by atoms with Crippen LogP contribution in [0.15, 0.2) is 53.4 Å². The molecule has 0 spiro atoms. The number of carboxylic acid groups (broad SMARTS) is 1. The summed E-state index contributed by atoms with van der Waals surface area (Å²) in [4.78, 5) is 25.3. The number of rotatable bonds is 7. The van der Waals surface area contributed by atoms with Crippen LogP contribution in [-0.4, -0.2) is 34.5 Å². The molecule has 2 aromatic carbocycles. The zero-order valence-corrected chi connectivity index (χ0v) is 16.6. The number of carbonyl (C=O) groups excluding carboxylic acids is 1. The third-order valence-electron chi connectivity index (χ3n) is 3.74. The Hall–Kier alpha value is -2.84. The number of hydrogen-bond acceptors (Lipinski definition) is 6. The van der Waals surface area contributed by atoms with Gasteiger partial charge in [-0.1, -0.05) is 36.1 Å². The standard InChI is InChI=1S/C20H17NO5S2/c1-2-25-15-9-5-14(6-10-15)21-19(24)17(28-20(21)27)11-13-3-7-16(8-4-13)26-12-18(22)23/h3-11H,2,12H2,1H3,(H,22,23)/b17-11+. The molecule has 28 heavy (non-hydrogen) atoms. The number of carbonyl (C=O) groups is 2. The van der Waals surface area contributed by atoms with Gasteiger partial charge in [0.2, 0.25) is 0 Å². The topological polar surface area (TPSA) is 76.1 Å². The van der Waals surface area contributed by atoms with Crippen LogP contribution in [-0.2, 0) is 9.59 Å². The van der Waals surface area contributed by atoms with Crippen LogP contribution in [0.2, 0.25) is 0 Å². The molecule has 0 unspecified atom stereocenters. The van der Waals surface area contributed by atoms with Gasteiger partial charge in [-0.15, -0.1) is 0 Å². The molecule has 0 aliphatic carbocycles. The molecular formula is C20H17NO5S2. The van der Waals surface area contributed by atoms with Gasteiger partial charge in [-0.3, -0.25) is 9.69 Å². The largest absolute Gasteiger partial charge is 0.494 e. The molecule has 1 fully saturated rings. The Morgan fingerprint density at radius 2 is 1.71 bits per heavy atom. The third-order valence-corrected chi connectivity index (χ3v) is 5.04. The average Bonchev–Trinajstić information content (AvgIpc) is 2.95. The maximum Gasteiger partial charge on any atom is 0.341 e. The summed E-state index contributed by atoms with van der Waals surface area (Å²) in [5, 5.41) is 8.64. The Kier molecular flexibility index (Phi) is 6.33. The fraction of sp³-hybridized carbons (Fsp3) is 0.150. The van der Waals surface area contributed by atoms with E-state index < -0.39 is 12.6 Å². The second-order valence-corrected chi connectivity index (χ2v) is 7.37. The fourth-order valence-electron chi connectivity index (χ4n) is 2.51. The van der Waals surface area contributed by atoms with Crippen LogP contribution in [0.1, 0.15) is 12.5 Å². The monoisotopic (exact) mass is 415 g/mol. The lowest BCUT2D eigenvalue weighted by Gasteiger charge is -2.15. The molecular weight excluding hydrogens is 398 g/mol. The van der Waals surface area contributed by atoms with Gasteiger partial charge in [0, 0.05) is 0 Å². The van der Waals surface area contributed by atoms with Crippen molar-refractivity contribution in [3.05, 3.63) is 59.0 Å². The molecule has 0 bridgehead atoms. The molecule has 0 atom stereocenters. The van der Waals surface area contributed by atoms with Crippen LogP contribution < -0.4 is 14.4 Å². The van der Waals surface area contributed by atoms with E-state index in [0.29, 0.717) is 27.3 Å². The molecule has 0 saturated carbocycles. The molecule has 6 nitrogen and oxygen atoms in total. The van der Waals surface area contributed by atoms with Gasteiger partial charge in [0.1, 0.15) is 11.5 Å². The SMILES string of the molecule is CCOc1ccc(N2C(=O)/C(=C\c3ccc(OCC(=O)O)cc3)SC2=S)cc1. The number of hydrogen-bond donors (Lipinski definition) is 1. The Bertz CT molecular complexity index is 923. The minimum Gasteiger partial charge on any atom is -0.494 e. The first-order valence-corrected chi connectivity index (χ1v) is 9.66. The number of aliphatic carboxylic acids is 1. The summed E-state index contributed by atoms with van der Waals surface area (Å²) in [5.74, 6) is -0.0497. The van der Waals surface area contributed by atoms with Gasteiger partial charge in [-0.25, -0.2) is 4.79 Å². The minimum absolute atomic E-state index is 0.189. The first-order valence-electron chi connectivity index (χ1n) is 8.43. The highest BCUT2D eigenvalue weighted by molar-refractivity contribution is 8.27. The van der Waals surface area contributed by atoms with Crippen molar-refractivity contribution in [3.8, 4) is 11.5 Å². The van der Waals surface area contributed by atoms with E-state index in [1.807, 2.05) is 6.92 Å². The Morgan fingerprint density at radius 3 is 2.32 bits per heavy atom. The number of carboxylic acids is 1. The van der Waals surface area contributed by atoms with Gasteiger partial charge in [0.05, 0.1) is 17.2 Å². The zero-order valence-electron chi connectivity index (χ0n) is 15.0. The maximum atomic E-state index is 12.8. The smallest absolute Gasteiger partial charge is 0.341 e. The lowest BCUT2D eigenvalue weighted by Crippen LogP contribution is -2.27. The molecule has 1 aliphatic rings. The molecule has 1 heterocycles. The molecule has 1 N–H and O–H groups in total. The molecule has 8 heteroatoms. The Morgan fingerprint density at radius 1 is 1.11 bits per heavy atom. The number of nitrogens with zero attached hydrogens (tertiary/aromatic N) is 1. The first kappa shape index (κ1) is 19.9. The molecule has 0 radical (unpaired) electrons. The van der Waals surface area contributed by atoms with Crippen LogP contribution in [0.5, 0.6) is 11.5 Å². The molecule has 3 rings (SSSR count). The van der Waals surface area contributed by atoms with Crippen molar-refractivity contribution in [1.82, 2.24) is 0 Å². The predicted molar refractivity (Wildman–Crippen MR) is 113 cm³/mol. The number of amides is 1. The summed E-state index contributed by atoms with van der Waals surface area (Å²) >= 11 is 6.61. The Labute approximate surface area is 171 Å². The van der Waals surface area contributed by atoms with E-state index in [4.69, 9.17) is 26.8 Å². The van der Waals surface area contributed by atoms with E-state index in [1.54, 1.807) is 54.6 Å². The molecule has 2 aromatic rings. The molecule has 0 aromatic heterocycles. The fourth-order valence-corrected chi connectivity index (χ4v) is 3.80. The van der Waals surface area contributed by atoms with Gasteiger partial charge >= 0.3 is 5.97 Å². The second-order valence-electron chi connectivity index (χ2n) is 5.70. The lowest BCUT2D eigenvalue weighted by molar-refractivity contribution is -0.139. The van der Waals surface area contributed by atoms with E-state index in [2.05, 4.69) is 0 Å². The van der Waals surface area contributed by atoms with Crippen molar-refractivity contribution >= 4 is 51.9 Å². The number of ether oxygens (including phenoxy) is 2. The van der Waals surface area contributed by atoms with Crippen molar-refractivity contribution in [3.63, 3.8) is 0 Å². The summed E-state index contributed by atoms with van der Waals surface area (Å²) in [6.07, 6.45) is 1.74. The van der Waals surface area contributed by atoms with Crippen molar-refractivity contribution in [1.29, 1.82) is 0 Å². The molecule has 1 saturated heterocycles. The van der Waals surface area contributed by atoms with Crippen molar-refractivity contribution in [2.24, 2.45) is 0 Å². The zero-order chi connectivity index (χ0) is 20.1. The van der Waals surface area contributed by atoms with E-state index in [9.17, 15) is 9.59 Å². The normalized spacial score (nSPS) is 15.2. The summed E-state index contributed by atoms with van der Waals surface area (Å²) in [5.41, 5.74) is 1.47. The number of thiocarbonyl (C=S) groups is 1. The van der Waals surface area contributed by atoms with Crippen molar-refractivity contribution in [2.75, 3.05) is 18.1 Å². The number of benzene rings is 2. The van der Waals surface area contributed by atoms with Gasteiger partial charge in [-0.2, -0.15) is 0 Å². The van der Waals surface area contributed by atoms with Crippen molar-refractivity contribution in [2.45, 2.75) is 6.92 Å². The van der Waals surface area contributed by atoms with Gasteiger partial charge in [0.15, 0.2) is 10.9 Å². The average molecular weight is 415 g/mol. The molecule has 1 aliphatic heterocycles. The minimum atomic E-state index is -1.04. The van der Waals surface area contributed by atoms with Crippen LogP contribution in [0, 0.1) is 0 Å². The van der Waals surface area contributed by atoms with E-state index in [1.165, 1.54) is 16.7 Å². The van der Waals surface area contributed by atoms with Crippen LogP contribution in [0.4, 0.5) is 5.69 Å². The van der Waals surface area contributed by atoms with Crippen LogP contribution in [0.3, 0.4) is 0 Å². The molecule has 1 amide bonds. The Balaban J connectivity index is 1.74. The number of anilines is 1. The maximum absolute atomic E-state index is 12.8. The highest BCUT2D eigenvalue weighted by Crippen LogP contribution is 2.36. The quantitative estimate of drug-likeness (QED) is 0.542. The number of thioether (sulfide) groups is 1. The van der Waals surface area contributed by atoms with Gasteiger partial charge in [-0.05, 0) is 55.0 Å². The van der Waals surface area contributed by atoms with Crippen LogP contribution >= 0.6 is 24.0 Å². The summed E-state index contributed by atoms with van der Waals surface area (Å²) in [6, 6.07) is 14.0. The summed E-state index contributed by atoms with van der Waals surface area (Å²) in [7, 11) is 0. The third kappa shape index (κ3) is 4.71. The molecule has 144 valence electrons. The summed E-state index contributed by atoms with van der Waals surface area (Å²) in [6.45, 7) is 2.08. The van der Waals surface area contributed by atoms with Crippen molar-refractivity contribution < 1.29 is 24.2 Å². The first-order chi connectivity index (χ1) is 13.5. The lowest BCUT2D eigenvalue weighted by atomic mass is 10.2. The summed E-state index contributed by atoms with van der Waals surface area (Å²) < 4.78 is 11.0. The highest BCUT2D eigenvalue weighted by atomic mass is 32.2. The second kappa shape index (κ2) is 8.90. The van der Waals surface area contributed by atoms with E-state index in [-0.39, 0.29) is 5.91 Å². The van der Waals surface area contributed by atoms with E-state index >= 15 is 0 Å². The van der Waals surface area contributed by atoms with Gasteiger partial charge in [0.25, 0.3) is 5.91 Å².